The van der Waals surface area contributed by atoms with Crippen molar-refractivity contribution in [3.63, 3.8) is 0 Å². The van der Waals surface area contributed by atoms with Gasteiger partial charge < -0.3 is 9.13 Å². The Balaban J connectivity index is 2.07. The van der Waals surface area contributed by atoms with E-state index in [2.05, 4.69) is 97.3 Å². The molecule has 0 aliphatic heterocycles. The van der Waals surface area contributed by atoms with Gasteiger partial charge in [0.25, 0.3) is 0 Å². The molecule has 0 bridgehead atoms. The lowest BCUT2D eigenvalue weighted by Gasteiger charge is -2.49. The van der Waals surface area contributed by atoms with Crippen molar-refractivity contribution in [1.82, 2.24) is 19.1 Å². The fraction of sp³-hybridized carbons (Fsp3) is 0.400. The highest BCUT2D eigenvalue weighted by Gasteiger charge is 2.49. The first-order valence-corrected chi connectivity index (χ1v) is 14.1. The van der Waals surface area contributed by atoms with Gasteiger partial charge in [-0.05, 0) is 59.1 Å². The zero-order valence-corrected chi connectivity index (χ0v) is 24.8. The van der Waals surface area contributed by atoms with Gasteiger partial charge in [0.1, 0.15) is 9.74 Å². The zero-order valence-electron chi connectivity index (χ0n) is 22.5. The van der Waals surface area contributed by atoms with E-state index in [0.717, 1.165) is 22.9 Å². The predicted molar refractivity (Wildman–Crippen MR) is 157 cm³/mol. The van der Waals surface area contributed by atoms with Crippen molar-refractivity contribution in [1.29, 1.82) is 0 Å². The van der Waals surface area contributed by atoms with E-state index in [9.17, 15) is 0 Å². The highest BCUT2D eigenvalue weighted by Crippen LogP contribution is 2.58. The van der Waals surface area contributed by atoms with Crippen molar-refractivity contribution in [2.75, 3.05) is 0 Å². The molecule has 2 aromatic heterocycles. The highest BCUT2D eigenvalue weighted by atomic mass is 35.5. The van der Waals surface area contributed by atoms with Crippen LogP contribution in [0.25, 0.3) is 0 Å². The normalized spacial score (nSPS) is 15.8. The van der Waals surface area contributed by atoms with E-state index in [4.69, 9.17) is 23.2 Å². The van der Waals surface area contributed by atoms with Gasteiger partial charge in [-0.25, -0.2) is 9.97 Å². The fourth-order valence-electron chi connectivity index (χ4n) is 5.06. The minimum Gasteiger partial charge on any atom is -0.318 e. The van der Waals surface area contributed by atoms with Crippen LogP contribution in [0.5, 0.6) is 0 Å². The number of aromatic nitrogens is 4. The van der Waals surface area contributed by atoms with Crippen LogP contribution in [0.4, 0.5) is 0 Å². The summed E-state index contributed by atoms with van der Waals surface area (Å²) in [5.74, 6) is 0. The molecule has 37 heavy (non-hydrogen) atoms. The molecule has 2 heterocycles. The SMILES string of the molecule is CC(C)(C)CC(SC(CC(C)(C)C)(c1ccc(Cl)cc1)n1ccnc1)(c1ccc(Cl)cc1)n1ccnc1. The van der Waals surface area contributed by atoms with Crippen LogP contribution in [0.3, 0.4) is 0 Å². The molecule has 0 aliphatic carbocycles. The highest BCUT2D eigenvalue weighted by molar-refractivity contribution is 8.01. The molecule has 0 amide bonds. The maximum absolute atomic E-state index is 6.38. The molecular weight excluding hydrogens is 519 g/mol. The maximum Gasteiger partial charge on any atom is 0.120 e. The molecule has 0 radical (unpaired) electrons. The van der Waals surface area contributed by atoms with Crippen molar-refractivity contribution in [3.8, 4) is 0 Å². The monoisotopic (exact) mass is 554 g/mol. The Bertz CT molecular complexity index is 1170. The third-order valence-corrected chi connectivity index (χ3v) is 8.67. The molecule has 0 fully saturated rings. The predicted octanol–water partition coefficient (Wildman–Crippen LogP) is 9.09. The Hall–Kier alpha value is -2.21. The summed E-state index contributed by atoms with van der Waals surface area (Å²) >= 11 is 14.7. The van der Waals surface area contributed by atoms with Gasteiger partial charge in [0.2, 0.25) is 0 Å². The molecule has 0 spiro atoms. The van der Waals surface area contributed by atoms with Crippen LogP contribution in [-0.2, 0) is 9.74 Å². The molecule has 2 aromatic carbocycles. The first-order valence-electron chi connectivity index (χ1n) is 12.5. The lowest BCUT2D eigenvalue weighted by molar-refractivity contribution is 0.272. The van der Waals surface area contributed by atoms with Crippen molar-refractivity contribution < 1.29 is 0 Å². The number of rotatable bonds is 8. The van der Waals surface area contributed by atoms with Gasteiger partial charge in [-0.2, -0.15) is 0 Å². The second-order valence-electron chi connectivity index (χ2n) is 12.1. The molecule has 196 valence electrons. The molecule has 4 aromatic rings. The van der Waals surface area contributed by atoms with E-state index in [1.54, 1.807) is 0 Å². The lowest BCUT2D eigenvalue weighted by Crippen LogP contribution is -2.44. The molecular formula is C30H36Cl2N4S. The number of thioether (sulfide) groups is 1. The van der Waals surface area contributed by atoms with Gasteiger partial charge in [-0.1, -0.05) is 101 Å². The fourth-order valence-corrected chi connectivity index (χ4v) is 7.82. The maximum atomic E-state index is 6.38. The summed E-state index contributed by atoms with van der Waals surface area (Å²) in [6, 6.07) is 16.5. The van der Waals surface area contributed by atoms with Gasteiger partial charge in [0, 0.05) is 34.8 Å². The van der Waals surface area contributed by atoms with Gasteiger partial charge in [0.15, 0.2) is 0 Å². The van der Waals surface area contributed by atoms with Crippen molar-refractivity contribution >= 4 is 35.0 Å². The molecule has 4 rings (SSSR count). The zero-order chi connectivity index (χ0) is 26.9. The first kappa shape index (κ1) is 27.8. The van der Waals surface area contributed by atoms with Crippen LogP contribution < -0.4 is 0 Å². The summed E-state index contributed by atoms with van der Waals surface area (Å²) in [6.07, 6.45) is 13.5. The van der Waals surface area contributed by atoms with Crippen LogP contribution in [0.2, 0.25) is 10.0 Å². The Kier molecular flexibility index (Phi) is 7.90. The molecule has 0 aliphatic rings. The quantitative estimate of drug-likeness (QED) is 0.218. The van der Waals surface area contributed by atoms with Crippen molar-refractivity contribution in [3.05, 3.63) is 107 Å². The van der Waals surface area contributed by atoms with E-state index in [1.807, 2.05) is 61.1 Å². The Morgan fingerprint density at radius 1 is 0.622 bits per heavy atom. The third-order valence-electron chi connectivity index (χ3n) is 6.31. The number of nitrogens with zero attached hydrogens (tertiary/aromatic N) is 4. The number of benzene rings is 2. The van der Waals surface area contributed by atoms with E-state index >= 15 is 0 Å². The van der Waals surface area contributed by atoms with E-state index < -0.39 is 9.74 Å². The topological polar surface area (TPSA) is 35.6 Å². The van der Waals surface area contributed by atoms with Crippen molar-refractivity contribution in [2.24, 2.45) is 10.8 Å². The summed E-state index contributed by atoms with van der Waals surface area (Å²) in [5, 5.41) is 1.44. The summed E-state index contributed by atoms with van der Waals surface area (Å²) in [4.78, 5) is 7.99. The standard InChI is InChI=1S/C30H36Cl2N4S/c1-27(2,3)19-29(35-17-15-33-21-35,23-7-11-25(31)12-8-23)37-30(20-28(4,5)6,36-18-16-34-22-36)24-9-13-26(32)14-10-24/h7-18,21-22H,19-20H2,1-6H3. The summed E-state index contributed by atoms with van der Waals surface area (Å²) in [5.41, 5.74) is 2.34. The largest absolute Gasteiger partial charge is 0.318 e. The second-order valence-corrected chi connectivity index (χ2v) is 14.5. The van der Waals surface area contributed by atoms with E-state index in [1.165, 1.54) is 11.1 Å². The van der Waals surface area contributed by atoms with Crippen LogP contribution in [0.1, 0.15) is 65.5 Å². The van der Waals surface area contributed by atoms with Crippen LogP contribution in [-0.4, -0.2) is 19.1 Å². The summed E-state index contributed by atoms with van der Waals surface area (Å²) in [7, 11) is 0. The van der Waals surface area contributed by atoms with Crippen LogP contribution in [0, 0.1) is 10.8 Å². The molecule has 0 saturated heterocycles. The summed E-state index contributed by atoms with van der Waals surface area (Å²) in [6.45, 7) is 13.8. The molecule has 0 N–H and O–H groups in total. The number of hydrogen-bond donors (Lipinski definition) is 0. The molecule has 2 atom stereocenters. The van der Waals surface area contributed by atoms with E-state index in [0.29, 0.717) is 0 Å². The first-order chi connectivity index (χ1) is 17.3. The number of imidazole rings is 2. The molecule has 2 unspecified atom stereocenters. The smallest absolute Gasteiger partial charge is 0.120 e. The molecule has 7 heteroatoms. The minimum atomic E-state index is -0.505. The Morgan fingerprint density at radius 3 is 1.24 bits per heavy atom. The van der Waals surface area contributed by atoms with Gasteiger partial charge in [-0.15, -0.1) is 0 Å². The number of halogens is 2. The van der Waals surface area contributed by atoms with Gasteiger partial charge in [-0.3, -0.25) is 0 Å². The van der Waals surface area contributed by atoms with Gasteiger partial charge in [0.05, 0.1) is 12.7 Å². The molecule has 4 nitrogen and oxygen atoms in total. The van der Waals surface area contributed by atoms with Crippen LogP contribution >= 0.6 is 35.0 Å². The number of hydrogen-bond acceptors (Lipinski definition) is 3. The minimum absolute atomic E-state index is 0.000682. The molecule has 0 saturated carbocycles. The lowest BCUT2D eigenvalue weighted by atomic mass is 9.84. The second kappa shape index (κ2) is 10.5. The van der Waals surface area contributed by atoms with Crippen molar-refractivity contribution in [2.45, 2.75) is 64.1 Å². The average molecular weight is 556 g/mol. The van der Waals surface area contributed by atoms with E-state index in [-0.39, 0.29) is 10.8 Å². The van der Waals surface area contributed by atoms with Gasteiger partial charge >= 0.3 is 0 Å². The Labute approximate surface area is 235 Å². The third kappa shape index (κ3) is 6.27. The summed E-state index contributed by atoms with van der Waals surface area (Å²) < 4.78 is 4.52. The Morgan fingerprint density at radius 2 is 0.973 bits per heavy atom. The average Bonchev–Trinajstić information content (AvgIpc) is 3.52. The van der Waals surface area contributed by atoms with Crippen LogP contribution in [0.15, 0.2) is 86.0 Å².